The number of likely N-dealkylation sites (tertiary alicyclic amines) is 1. The lowest BCUT2D eigenvalue weighted by atomic mass is 10.0. The number of rotatable bonds is 4. The predicted octanol–water partition coefficient (Wildman–Crippen LogP) is 2.46. The topological polar surface area (TPSA) is 73.3 Å². The fraction of sp³-hybridized carbons (Fsp3) is 0.278. The van der Waals surface area contributed by atoms with E-state index in [1.54, 1.807) is 18.2 Å². The van der Waals surface area contributed by atoms with Crippen LogP contribution in [0.4, 0.5) is 8.78 Å². The third kappa shape index (κ3) is 3.50. The van der Waals surface area contributed by atoms with Crippen LogP contribution in [0.1, 0.15) is 16.8 Å². The quantitative estimate of drug-likeness (QED) is 0.836. The van der Waals surface area contributed by atoms with E-state index >= 15 is 0 Å². The first kappa shape index (κ1) is 17.0. The van der Waals surface area contributed by atoms with Crippen molar-refractivity contribution in [2.45, 2.75) is 18.4 Å². The molecular formula is C18H17F2N3O2. The van der Waals surface area contributed by atoms with Crippen LogP contribution in [0.3, 0.4) is 0 Å². The van der Waals surface area contributed by atoms with Crippen LogP contribution in [0.25, 0.3) is 10.8 Å². The minimum Gasteiger partial charge on any atom is -0.343 e. The monoisotopic (exact) mass is 345 g/mol. The number of hydrogen-bond donors (Lipinski definition) is 2. The average molecular weight is 345 g/mol. The van der Waals surface area contributed by atoms with Gasteiger partial charge >= 0.3 is 0 Å². The van der Waals surface area contributed by atoms with Gasteiger partial charge in [-0.05, 0) is 16.8 Å². The smallest absolute Gasteiger partial charge is 0.267 e. The van der Waals surface area contributed by atoms with Crippen molar-refractivity contribution in [2.75, 3.05) is 13.1 Å². The predicted molar refractivity (Wildman–Crippen MR) is 90.1 cm³/mol. The highest BCUT2D eigenvalue weighted by atomic mass is 19.3. The number of hydrogen-bond acceptors (Lipinski definition) is 3. The molecule has 0 aromatic heterocycles. The molecule has 1 fully saturated rings. The molecule has 2 aromatic carbocycles. The molecular weight excluding hydrogens is 328 g/mol. The number of alkyl halides is 2. The van der Waals surface area contributed by atoms with E-state index < -0.39 is 36.7 Å². The molecule has 130 valence electrons. The van der Waals surface area contributed by atoms with Gasteiger partial charge in [-0.3, -0.25) is 9.59 Å². The molecule has 5 nitrogen and oxygen atoms in total. The number of carbonyl (C=O) groups is 2. The molecule has 0 saturated carbocycles. The van der Waals surface area contributed by atoms with Crippen LogP contribution >= 0.6 is 0 Å². The van der Waals surface area contributed by atoms with Crippen molar-refractivity contribution in [2.24, 2.45) is 0 Å². The molecule has 2 amide bonds. The van der Waals surface area contributed by atoms with Gasteiger partial charge in [0.25, 0.3) is 11.8 Å². The van der Waals surface area contributed by atoms with E-state index in [-0.39, 0.29) is 6.54 Å². The molecule has 2 aromatic rings. The standard InChI is InChI=1S/C18H17F2N3O2/c19-18(20)8-13(9-21)23(11-18)16(24)10-22-17(25)15-7-3-5-12-4-1-2-6-14(12)15/h1-7,9,13,21H,8,10-11H2,(H,22,25). The van der Waals surface area contributed by atoms with Crippen molar-refractivity contribution in [3.8, 4) is 0 Å². The lowest BCUT2D eigenvalue weighted by Crippen LogP contribution is -2.43. The second kappa shape index (κ2) is 6.58. The molecule has 0 aliphatic carbocycles. The summed E-state index contributed by atoms with van der Waals surface area (Å²) in [7, 11) is 0. The van der Waals surface area contributed by atoms with Crippen molar-refractivity contribution in [3.63, 3.8) is 0 Å². The maximum Gasteiger partial charge on any atom is 0.267 e. The molecule has 0 bridgehead atoms. The summed E-state index contributed by atoms with van der Waals surface area (Å²) in [5.41, 5.74) is 0.418. The summed E-state index contributed by atoms with van der Waals surface area (Å²) in [5.74, 6) is -4.07. The minimum atomic E-state index is -3.00. The molecule has 3 rings (SSSR count). The highest BCUT2D eigenvalue weighted by Gasteiger charge is 2.46. The Balaban J connectivity index is 1.70. The number of halogens is 2. The first-order valence-electron chi connectivity index (χ1n) is 7.85. The highest BCUT2D eigenvalue weighted by Crippen LogP contribution is 2.31. The maximum absolute atomic E-state index is 13.4. The SMILES string of the molecule is N=CC1CC(F)(F)CN1C(=O)CNC(=O)c1cccc2ccccc12. The second-order valence-electron chi connectivity index (χ2n) is 6.03. The molecule has 7 heteroatoms. The van der Waals surface area contributed by atoms with E-state index in [1.807, 2.05) is 24.3 Å². The first-order chi connectivity index (χ1) is 11.9. The zero-order chi connectivity index (χ0) is 18.0. The van der Waals surface area contributed by atoms with Gasteiger partial charge in [0.1, 0.15) is 0 Å². The van der Waals surface area contributed by atoms with Gasteiger partial charge in [-0.1, -0.05) is 36.4 Å². The molecule has 25 heavy (non-hydrogen) atoms. The normalized spacial score (nSPS) is 19.0. The Bertz CT molecular complexity index is 833. The Kier molecular flexibility index (Phi) is 4.48. The summed E-state index contributed by atoms with van der Waals surface area (Å²) in [6, 6.07) is 11.7. The maximum atomic E-state index is 13.4. The Hall–Kier alpha value is -2.83. The van der Waals surface area contributed by atoms with Gasteiger partial charge in [-0.2, -0.15) is 0 Å². The summed E-state index contributed by atoms with van der Waals surface area (Å²) in [4.78, 5) is 25.5. The molecule has 1 atom stereocenters. The van der Waals surface area contributed by atoms with Crippen LogP contribution in [0.5, 0.6) is 0 Å². The third-order valence-electron chi connectivity index (χ3n) is 4.26. The van der Waals surface area contributed by atoms with Crippen molar-refractivity contribution < 1.29 is 18.4 Å². The molecule has 1 aliphatic rings. The summed E-state index contributed by atoms with van der Waals surface area (Å²) in [5, 5.41) is 11.3. The average Bonchev–Trinajstić information content (AvgIpc) is 2.93. The zero-order valence-electron chi connectivity index (χ0n) is 13.3. The Morgan fingerprint density at radius 3 is 2.72 bits per heavy atom. The molecule has 1 unspecified atom stereocenters. The van der Waals surface area contributed by atoms with E-state index in [0.29, 0.717) is 5.56 Å². The second-order valence-corrected chi connectivity index (χ2v) is 6.03. The van der Waals surface area contributed by atoms with Gasteiger partial charge in [0.05, 0.1) is 19.1 Å². The van der Waals surface area contributed by atoms with Crippen LogP contribution in [0.2, 0.25) is 0 Å². The summed E-state index contributed by atoms with van der Waals surface area (Å²) >= 11 is 0. The van der Waals surface area contributed by atoms with Gasteiger partial charge in [0.15, 0.2) is 0 Å². The molecule has 0 radical (unpaired) electrons. The van der Waals surface area contributed by atoms with Crippen molar-refractivity contribution in [1.82, 2.24) is 10.2 Å². The van der Waals surface area contributed by atoms with Crippen molar-refractivity contribution >= 4 is 28.8 Å². The zero-order valence-corrected chi connectivity index (χ0v) is 13.3. The van der Waals surface area contributed by atoms with Crippen LogP contribution in [0, 0.1) is 5.41 Å². The Labute approximate surface area is 143 Å². The largest absolute Gasteiger partial charge is 0.343 e. The highest BCUT2D eigenvalue weighted by molar-refractivity contribution is 6.07. The van der Waals surface area contributed by atoms with Crippen molar-refractivity contribution in [1.29, 1.82) is 5.41 Å². The Morgan fingerprint density at radius 2 is 1.96 bits per heavy atom. The lowest BCUT2D eigenvalue weighted by Gasteiger charge is -2.21. The summed E-state index contributed by atoms with van der Waals surface area (Å²) in [6.45, 7) is -1.11. The van der Waals surface area contributed by atoms with Gasteiger partial charge < -0.3 is 15.6 Å². The number of nitrogens with one attached hydrogen (secondary N) is 2. The van der Waals surface area contributed by atoms with Gasteiger partial charge in [-0.15, -0.1) is 0 Å². The van der Waals surface area contributed by atoms with E-state index in [1.165, 1.54) is 0 Å². The minimum absolute atomic E-state index is 0.386. The fourth-order valence-electron chi connectivity index (χ4n) is 3.05. The Morgan fingerprint density at radius 1 is 1.24 bits per heavy atom. The fourth-order valence-corrected chi connectivity index (χ4v) is 3.05. The number of carbonyl (C=O) groups excluding carboxylic acids is 2. The molecule has 1 heterocycles. The number of fused-ring (bicyclic) bond motifs is 1. The molecule has 1 aliphatic heterocycles. The van der Waals surface area contributed by atoms with E-state index in [0.717, 1.165) is 21.9 Å². The van der Waals surface area contributed by atoms with Crippen molar-refractivity contribution in [3.05, 3.63) is 48.0 Å². The van der Waals surface area contributed by atoms with Gasteiger partial charge in [-0.25, -0.2) is 8.78 Å². The number of benzene rings is 2. The lowest BCUT2D eigenvalue weighted by molar-refractivity contribution is -0.131. The summed E-state index contributed by atoms with van der Waals surface area (Å²) in [6.07, 6.45) is 0.283. The van der Waals surface area contributed by atoms with Crippen LogP contribution < -0.4 is 5.32 Å². The van der Waals surface area contributed by atoms with Crippen LogP contribution in [-0.4, -0.2) is 48.0 Å². The van der Waals surface area contributed by atoms with Gasteiger partial charge in [0.2, 0.25) is 5.91 Å². The molecule has 2 N–H and O–H groups in total. The number of amides is 2. The van der Waals surface area contributed by atoms with E-state index in [2.05, 4.69) is 5.32 Å². The number of nitrogens with zero attached hydrogens (tertiary/aromatic N) is 1. The molecule has 0 spiro atoms. The molecule has 1 saturated heterocycles. The van der Waals surface area contributed by atoms with E-state index in [4.69, 9.17) is 5.41 Å². The van der Waals surface area contributed by atoms with Crippen LogP contribution in [0.15, 0.2) is 42.5 Å². The van der Waals surface area contributed by atoms with E-state index in [9.17, 15) is 18.4 Å². The third-order valence-corrected chi connectivity index (χ3v) is 4.26. The first-order valence-corrected chi connectivity index (χ1v) is 7.85. The summed E-state index contributed by atoms with van der Waals surface area (Å²) < 4.78 is 26.9. The van der Waals surface area contributed by atoms with Gasteiger partial charge in [0, 0.05) is 18.2 Å². The van der Waals surface area contributed by atoms with Crippen LogP contribution in [-0.2, 0) is 4.79 Å².